The SMILES string of the molecule is C=CC(=O)OCCCC[Si]12O[Si]3(CCCOC(=O)C=C)OC[Si]4(CCCOC(=O)C=C)O[Si](CCCOC(=O)C=C)(O1)O[Si]1(CCCOC(=O)C=C)O[Si](CCCOC(=O)C=C)(O4)O[Si](CCCOC(=O)C=C)(O3)O[Si](CCCOC(=O)C=C)(O2)O1. The number of carbonyl (C=O) groups excluding carboxylic acids is 8. The maximum absolute atomic E-state index is 12.6. The van der Waals surface area contributed by atoms with Gasteiger partial charge in [0, 0.05) is 90.9 Å². The van der Waals surface area contributed by atoms with E-state index in [4.69, 9.17) is 87.6 Å². The van der Waals surface area contributed by atoms with Crippen molar-refractivity contribution in [3.63, 3.8) is 0 Å². The molecule has 8 unspecified atom stereocenters. The highest BCUT2D eigenvalue weighted by atomic mass is 28.6. The summed E-state index contributed by atoms with van der Waals surface area (Å²) >= 11 is 0. The van der Waals surface area contributed by atoms with Gasteiger partial charge in [0.1, 0.15) is 0 Å². The zero-order valence-corrected chi connectivity index (χ0v) is 56.1. The van der Waals surface area contributed by atoms with Gasteiger partial charge in [-0.2, -0.15) is 0 Å². The van der Waals surface area contributed by atoms with Crippen LogP contribution in [0.3, 0.4) is 0 Å². The Bertz CT molecular complexity index is 2510. The molecule has 0 N–H and O–H groups in total. The van der Waals surface area contributed by atoms with E-state index in [1.54, 1.807) is 0 Å². The summed E-state index contributed by atoms with van der Waals surface area (Å²) in [6, 6.07) is -1.56. The fourth-order valence-electron chi connectivity index (χ4n) is 9.09. The lowest BCUT2D eigenvalue weighted by atomic mass is 10.4. The van der Waals surface area contributed by atoms with Gasteiger partial charge in [-0.15, -0.1) is 0 Å². The number of unbranched alkanes of at least 4 members (excludes halogenated alkanes) is 1. The molecule has 6 fully saturated rings. The molecule has 6 heterocycles. The molecule has 6 aliphatic heterocycles. The third-order valence-electron chi connectivity index (χ3n) is 12.6. The van der Waals surface area contributed by atoms with E-state index in [1.165, 1.54) is 0 Å². The van der Waals surface area contributed by atoms with Crippen molar-refractivity contribution in [3.05, 3.63) is 101 Å². The molecule has 476 valence electrons. The summed E-state index contributed by atoms with van der Waals surface area (Å²) in [5.41, 5.74) is 0. The molecule has 0 aromatic carbocycles. The van der Waals surface area contributed by atoms with E-state index in [9.17, 15) is 38.4 Å². The van der Waals surface area contributed by atoms with Crippen LogP contribution < -0.4 is 0 Å². The molecule has 6 rings (SSSR count). The molecule has 86 heavy (non-hydrogen) atoms. The van der Waals surface area contributed by atoms with Gasteiger partial charge in [0.25, 0.3) is 0 Å². The number of ether oxygens (including phenoxy) is 8. The Balaban J connectivity index is 1.94. The Kier molecular flexibility index (Phi) is 28.4. The number of hydrogen-bond acceptors (Lipinski definition) is 28. The number of rotatable bonds is 41. The second kappa shape index (κ2) is 34.1. The molecule has 8 atom stereocenters. The van der Waals surface area contributed by atoms with Crippen LogP contribution in [0.5, 0.6) is 0 Å². The third-order valence-corrected chi connectivity index (χ3v) is 49.8. The van der Waals surface area contributed by atoms with Crippen molar-refractivity contribution < 1.29 is 126 Å². The average Bonchev–Trinajstić information content (AvgIpc) is 1.25. The zero-order chi connectivity index (χ0) is 62.8. The number of esters is 8. The molecule has 0 amide bonds. The van der Waals surface area contributed by atoms with E-state index >= 15 is 0 Å². The van der Waals surface area contributed by atoms with E-state index in [0.717, 1.165) is 48.6 Å². The fourth-order valence-corrected chi connectivity index (χ4v) is 58.3. The zero-order valence-electron chi connectivity index (χ0n) is 48.1. The van der Waals surface area contributed by atoms with Crippen LogP contribution in [0.2, 0.25) is 48.4 Å². The molecule has 0 spiro atoms. The van der Waals surface area contributed by atoms with E-state index in [0.29, 0.717) is 0 Å². The second-order valence-electron chi connectivity index (χ2n) is 19.3. The largest absolute Gasteiger partial charge is 0.486 e. The summed E-state index contributed by atoms with van der Waals surface area (Å²) in [4.78, 5) is 100. The van der Waals surface area contributed by atoms with Crippen molar-refractivity contribution in [2.24, 2.45) is 0 Å². The van der Waals surface area contributed by atoms with E-state index < -0.39 is 124 Å². The average molecular weight is 1350 g/mol. The summed E-state index contributed by atoms with van der Waals surface area (Å²) in [5, 5.41) is 0. The highest BCUT2D eigenvalue weighted by Gasteiger charge is 2.81. The van der Waals surface area contributed by atoms with Gasteiger partial charge in [-0.3, -0.25) is 0 Å². The van der Waals surface area contributed by atoms with Crippen molar-refractivity contribution in [3.8, 4) is 0 Å². The Morgan fingerprint density at radius 1 is 0.256 bits per heavy atom. The molecule has 36 heteroatoms. The number of carbonyl (C=O) groups is 8. The van der Waals surface area contributed by atoms with E-state index in [2.05, 4.69) is 52.6 Å². The molecular weight excluding hydrogens is 1270 g/mol. The summed E-state index contributed by atoms with van der Waals surface area (Å²) in [5.74, 6) is -5.88. The lowest BCUT2D eigenvalue weighted by Crippen LogP contribution is -2.84. The van der Waals surface area contributed by atoms with Gasteiger partial charge in [0.05, 0.1) is 59.1 Å². The predicted octanol–water partition coefficient (Wildman–Crippen LogP) is 5.15. The minimum atomic E-state index is -4.91. The van der Waals surface area contributed by atoms with Crippen LogP contribution in [0.15, 0.2) is 101 Å². The lowest BCUT2D eigenvalue weighted by Gasteiger charge is -2.59. The molecule has 0 radical (unpaired) electrons. The fraction of sp³-hybridized carbons (Fsp3) is 0.520. The first-order valence-electron chi connectivity index (χ1n) is 27.8. The van der Waals surface area contributed by atoms with Gasteiger partial charge in [0.2, 0.25) is 0 Å². The second-order valence-corrected chi connectivity index (χ2v) is 44.2. The molecule has 6 aliphatic rings. The first-order chi connectivity index (χ1) is 41.1. The van der Waals surface area contributed by atoms with Gasteiger partial charge in [-0.25, -0.2) is 38.4 Å². The maximum atomic E-state index is 12.6. The van der Waals surface area contributed by atoms with Crippen LogP contribution in [0.1, 0.15) is 57.8 Å². The van der Waals surface area contributed by atoms with Crippen LogP contribution in [0.25, 0.3) is 0 Å². The minimum Gasteiger partial charge on any atom is -0.463 e. The number of hydrogen-bond donors (Lipinski definition) is 0. The molecule has 8 bridgehead atoms. The van der Waals surface area contributed by atoms with Crippen molar-refractivity contribution in [2.75, 3.05) is 59.1 Å². The van der Waals surface area contributed by atoms with Gasteiger partial charge >= 0.3 is 118 Å². The Morgan fingerprint density at radius 2 is 0.442 bits per heavy atom. The molecule has 0 aromatic heterocycles. The normalized spacial score (nSPS) is 28.5. The van der Waals surface area contributed by atoms with Crippen molar-refractivity contribution in [2.45, 2.75) is 106 Å². The summed E-state index contributed by atoms with van der Waals surface area (Å²) in [6.07, 6.45) is 7.57. The predicted molar refractivity (Wildman–Crippen MR) is 313 cm³/mol. The first-order valence-corrected chi connectivity index (χ1v) is 43.6. The van der Waals surface area contributed by atoms with Gasteiger partial charge in [-0.1, -0.05) is 52.6 Å². The van der Waals surface area contributed by atoms with Crippen molar-refractivity contribution >= 4 is 118 Å². The summed E-state index contributed by atoms with van der Waals surface area (Å²) < 4.78 is 136. The van der Waals surface area contributed by atoms with Crippen molar-refractivity contribution in [1.29, 1.82) is 0 Å². The van der Waals surface area contributed by atoms with Crippen LogP contribution >= 0.6 is 0 Å². The van der Waals surface area contributed by atoms with Crippen LogP contribution in [0, 0.1) is 0 Å². The standard InChI is InChI=1S/C50H76O28Si8/c1-9-43(51)59-26-17-18-35-83-70-80(36-20-28-61-45(53)11-3)67-42-79(34-19-27-60-44(52)10-2)68-81(72-83,37-21-29-62-46(54)12-4)74-85(40-24-32-65-49(57)15-7)75-82(69-79,38-22-30-63-47(55)13-5)73-84(71-80,39-23-31-64-48(56)14-6)77-86(76-83,78-85)41-25-33-66-50(58)16-8/h9-16H,1-8,17-42H2. The quantitative estimate of drug-likeness (QED) is 0.0251. The third kappa shape index (κ3) is 21.6. The molecule has 0 saturated carbocycles. The first kappa shape index (κ1) is 71.7. The van der Waals surface area contributed by atoms with Crippen molar-refractivity contribution in [1.82, 2.24) is 0 Å². The van der Waals surface area contributed by atoms with Crippen LogP contribution in [-0.2, 0) is 126 Å². The topological polar surface area (TPSA) is 321 Å². The Labute approximate surface area is 508 Å². The Morgan fingerprint density at radius 3 is 0.686 bits per heavy atom. The van der Waals surface area contributed by atoms with Gasteiger partial charge in [0.15, 0.2) is 0 Å². The molecule has 28 nitrogen and oxygen atoms in total. The smallest absolute Gasteiger partial charge is 0.463 e. The molecule has 0 aliphatic carbocycles. The lowest BCUT2D eigenvalue weighted by molar-refractivity contribution is -0.138. The van der Waals surface area contributed by atoms with E-state index in [-0.39, 0.29) is 159 Å². The monoisotopic (exact) mass is 1350 g/mol. The molecular formula is C50H76O28Si8. The minimum absolute atomic E-state index is 0.00926. The highest BCUT2D eigenvalue weighted by Crippen LogP contribution is 2.53. The number of fused-ring (bicyclic) bond motifs is 1. The van der Waals surface area contributed by atoms with E-state index in [1.807, 2.05) is 0 Å². The Hall–Kier alpha value is -5.06. The summed E-state index contributed by atoms with van der Waals surface area (Å²) in [7, 11) is -38.5. The summed E-state index contributed by atoms with van der Waals surface area (Å²) in [6.45, 7) is 26.3. The van der Waals surface area contributed by atoms with Crippen LogP contribution in [0.4, 0.5) is 0 Å². The maximum Gasteiger partial charge on any atom is 0.486 e. The van der Waals surface area contributed by atoms with Crippen LogP contribution in [-0.4, -0.2) is 177 Å². The van der Waals surface area contributed by atoms with Gasteiger partial charge < -0.3 is 87.6 Å². The molecule has 0 aromatic rings. The van der Waals surface area contributed by atoms with Gasteiger partial charge in [-0.05, 0) is 63.8 Å². The molecule has 6 saturated heterocycles. The highest BCUT2D eigenvalue weighted by molar-refractivity contribution is 7.02.